The molecule has 1 heterocycles. The van der Waals surface area contributed by atoms with Crippen molar-refractivity contribution in [3.63, 3.8) is 0 Å². The highest BCUT2D eigenvalue weighted by Gasteiger charge is 2.35. The molecule has 1 fully saturated rings. The summed E-state index contributed by atoms with van der Waals surface area (Å²) in [5, 5.41) is 11.7. The Bertz CT molecular complexity index is 1130. The molecular weight excluding hydrogens is 462 g/mol. The molecule has 0 radical (unpaired) electrons. The molecule has 1 aliphatic heterocycles. The van der Waals surface area contributed by atoms with E-state index in [0.717, 1.165) is 28.1 Å². The molecule has 3 aromatic carbocycles. The molecule has 1 saturated heterocycles. The Kier molecular flexibility index (Phi) is 5.19. The second-order valence-corrected chi connectivity index (χ2v) is 8.49. The number of nitrogens with zero attached hydrogens (tertiary/aromatic N) is 1. The summed E-state index contributed by atoms with van der Waals surface area (Å²) in [6.07, 6.45) is 1.60. The minimum atomic E-state index is -0.344. The van der Waals surface area contributed by atoms with Gasteiger partial charge >= 0.3 is 0 Å². The van der Waals surface area contributed by atoms with Crippen LogP contribution < -0.4 is 0 Å². The quantitative estimate of drug-likeness (QED) is 0.459. The monoisotopic (exact) mass is 473 g/mol. The number of aromatic hydroxyl groups is 1. The van der Waals surface area contributed by atoms with Gasteiger partial charge in [-0.15, -0.1) is 0 Å². The first-order valence-electron chi connectivity index (χ1n) is 8.34. The van der Waals surface area contributed by atoms with Crippen LogP contribution in [0.4, 0.5) is 4.79 Å². The summed E-state index contributed by atoms with van der Waals surface area (Å²) in [7, 11) is 0. The van der Waals surface area contributed by atoms with Crippen LogP contribution in [0.25, 0.3) is 16.8 Å². The number of thioether (sulfide) groups is 1. The molecule has 0 aliphatic carbocycles. The lowest BCUT2D eigenvalue weighted by molar-refractivity contribution is -0.123. The Morgan fingerprint density at radius 3 is 2.64 bits per heavy atom. The Hall–Kier alpha value is -2.28. The fraction of sp³-hybridized carbons (Fsp3) is 0.0476. The first-order chi connectivity index (χ1) is 13.4. The lowest BCUT2D eigenvalue weighted by Gasteiger charge is -2.14. The third kappa shape index (κ3) is 3.55. The fourth-order valence-electron chi connectivity index (χ4n) is 3.06. The van der Waals surface area contributed by atoms with E-state index < -0.39 is 0 Å². The van der Waals surface area contributed by atoms with Crippen LogP contribution in [0, 0.1) is 0 Å². The Morgan fingerprint density at radius 2 is 1.86 bits per heavy atom. The highest BCUT2D eigenvalue weighted by molar-refractivity contribution is 9.10. The molecule has 1 N–H and O–H groups in total. The third-order valence-corrected chi connectivity index (χ3v) is 6.22. The van der Waals surface area contributed by atoms with E-state index in [2.05, 4.69) is 15.9 Å². The number of amides is 2. The molecule has 0 spiro atoms. The summed E-state index contributed by atoms with van der Waals surface area (Å²) in [6.45, 7) is 0.212. The van der Waals surface area contributed by atoms with Crippen LogP contribution >= 0.6 is 39.3 Å². The SMILES string of the molecule is O=C1S/C(=C/c2cc(Cl)c(O)c(Br)c2)C(=O)N1Cc1cccc2ccccc12. The molecular formula is C21H13BrClNO3S. The summed E-state index contributed by atoms with van der Waals surface area (Å²) in [4.78, 5) is 26.8. The second-order valence-electron chi connectivity index (χ2n) is 6.24. The standard InChI is InChI=1S/C21H13BrClNO3S/c22-16-8-12(9-17(23)19(16)25)10-18-20(26)24(21(27)28-18)11-14-6-3-5-13-4-1-2-7-15(13)14/h1-10,25H,11H2/b18-10+. The minimum Gasteiger partial charge on any atom is -0.505 e. The second kappa shape index (κ2) is 7.62. The average Bonchev–Trinajstić information content (AvgIpc) is 2.93. The predicted molar refractivity (Wildman–Crippen MR) is 116 cm³/mol. The van der Waals surface area contributed by atoms with E-state index in [1.807, 2.05) is 42.5 Å². The lowest BCUT2D eigenvalue weighted by Crippen LogP contribution is -2.27. The van der Waals surface area contributed by atoms with Gasteiger partial charge in [0.05, 0.1) is 20.9 Å². The molecule has 4 nitrogen and oxygen atoms in total. The third-order valence-electron chi connectivity index (χ3n) is 4.42. The van der Waals surface area contributed by atoms with E-state index in [-0.39, 0.29) is 28.5 Å². The van der Waals surface area contributed by atoms with Gasteiger partial charge in [0, 0.05) is 0 Å². The molecule has 2 amide bonds. The Labute approximate surface area is 178 Å². The maximum atomic E-state index is 12.8. The van der Waals surface area contributed by atoms with Crippen molar-refractivity contribution >= 4 is 67.3 Å². The van der Waals surface area contributed by atoms with E-state index in [4.69, 9.17) is 11.6 Å². The number of benzene rings is 3. The Balaban J connectivity index is 1.64. The van der Waals surface area contributed by atoms with Crippen LogP contribution in [0.2, 0.25) is 5.02 Å². The van der Waals surface area contributed by atoms with Gasteiger partial charge in [0.25, 0.3) is 11.1 Å². The summed E-state index contributed by atoms with van der Waals surface area (Å²) >= 11 is 10.1. The molecule has 140 valence electrons. The van der Waals surface area contributed by atoms with E-state index in [1.54, 1.807) is 18.2 Å². The van der Waals surface area contributed by atoms with Gasteiger partial charge in [-0.3, -0.25) is 14.5 Å². The van der Waals surface area contributed by atoms with Gasteiger partial charge in [-0.05, 0) is 67.8 Å². The summed E-state index contributed by atoms with van der Waals surface area (Å²) in [5.74, 6) is -0.411. The minimum absolute atomic E-state index is 0.0668. The number of phenols is 1. The van der Waals surface area contributed by atoms with Crippen molar-refractivity contribution in [3.05, 3.63) is 80.1 Å². The first-order valence-corrected chi connectivity index (χ1v) is 10.3. The zero-order valence-corrected chi connectivity index (χ0v) is 17.5. The molecule has 0 bridgehead atoms. The van der Waals surface area contributed by atoms with E-state index in [9.17, 15) is 14.7 Å². The number of hydrogen-bond acceptors (Lipinski definition) is 4. The van der Waals surface area contributed by atoms with E-state index >= 15 is 0 Å². The van der Waals surface area contributed by atoms with Crippen LogP contribution in [0.1, 0.15) is 11.1 Å². The number of carbonyl (C=O) groups excluding carboxylic acids is 2. The van der Waals surface area contributed by atoms with E-state index in [0.29, 0.717) is 14.9 Å². The van der Waals surface area contributed by atoms with Crippen LogP contribution in [-0.4, -0.2) is 21.2 Å². The van der Waals surface area contributed by atoms with Crippen molar-refractivity contribution in [3.8, 4) is 5.75 Å². The molecule has 28 heavy (non-hydrogen) atoms. The number of imide groups is 1. The highest BCUT2D eigenvalue weighted by Crippen LogP contribution is 2.37. The van der Waals surface area contributed by atoms with Gasteiger partial charge in [-0.25, -0.2) is 0 Å². The highest BCUT2D eigenvalue weighted by atomic mass is 79.9. The van der Waals surface area contributed by atoms with Crippen molar-refractivity contribution in [1.29, 1.82) is 0 Å². The molecule has 1 aliphatic rings. The van der Waals surface area contributed by atoms with Crippen molar-refractivity contribution in [2.24, 2.45) is 0 Å². The van der Waals surface area contributed by atoms with Gasteiger partial charge in [0.15, 0.2) is 0 Å². The van der Waals surface area contributed by atoms with Crippen molar-refractivity contribution in [2.75, 3.05) is 0 Å². The maximum Gasteiger partial charge on any atom is 0.293 e. The van der Waals surface area contributed by atoms with Gasteiger partial charge in [-0.2, -0.15) is 0 Å². The molecule has 0 unspecified atom stereocenters. The van der Waals surface area contributed by atoms with Crippen LogP contribution in [0.3, 0.4) is 0 Å². The average molecular weight is 475 g/mol. The van der Waals surface area contributed by atoms with Gasteiger partial charge < -0.3 is 5.11 Å². The molecule has 3 aromatic rings. The number of carbonyl (C=O) groups is 2. The van der Waals surface area contributed by atoms with Crippen molar-refractivity contribution in [2.45, 2.75) is 6.54 Å². The van der Waals surface area contributed by atoms with Gasteiger partial charge in [-0.1, -0.05) is 54.1 Å². The normalized spacial score (nSPS) is 15.8. The smallest absolute Gasteiger partial charge is 0.293 e. The van der Waals surface area contributed by atoms with Crippen molar-refractivity contribution in [1.82, 2.24) is 4.90 Å². The predicted octanol–water partition coefficient (Wildman–Crippen LogP) is 6.20. The summed E-state index contributed by atoms with van der Waals surface area (Å²) in [6, 6.07) is 16.9. The lowest BCUT2D eigenvalue weighted by atomic mass is 10.0. The fourth-order valence-corrected chi connectivity index (χ4v) is 4.71. The zero-order chi connectivity index (χ0) is 19.8. The largest absolute Gasteiger partial charge is 0.505 e. The molecule has 7 heteroatoms. The molecule has 0 aromatic heterocycles. The van der Waals surface area contributed by atoms with Crippen molar-refractivity contribution < 1.29 is 14.7 Å². The van der Waals surface area contributed by atoms with E-state index in [1.165, 1.54) is 4.90 Å². The Morgan fingerprint density at radius 1 is 1.11 bits per heavy atom. The number of rotatable bonds is 3. The summed E-state index contributed by atoms with van der Waals surface area (Å²) in [5.41, 5.74) is 1.53. The topological polar surface area (TPSA) is 57.6 Å². The number of fused-ring (bicyclic) bond motifs is 1. The van der Waals surface area contributed by atoms with Crippen LogP contribution in [0.5, 0.6) is 5.75 Å². The number of halogens is 2. The maximum absolute atomic E-state index is 12.8. The zero-order valence-electron chi connectivity index (χ0n) is 14.4. The number of phenolic OH excluding ortho intramolecular Hbond substituents is 1. The van der Waals surface area contributed by atoms with Gasteiger partial charge in [0.2, 0.25) is 0 Å². The molecule has 0 saturated carbocycles. The van der Waals surface area contributed by atoms with Gasteiger partial charge in [0.1, 0.15) is 5.75 Å². The first kappa shape index (κ1) is 19.1. The summed E-state index contributed by atoms with van der Waals surface area (Å²) < 4.78 is 0.418. The molecule has 0 atom stereocenters. The van der Waals surface area contributed by atoms with Crippen LogP contribution in [0.15, 0.2) is 64.0 Å². The number of hydrogen-bond donors (Lipinski definition) is 1. The molecule has 4 rings (SSSR count). The van der Waals surface area contributed by atoms with Crippen LogP contribution in [-0.2, 0) is 11.3 Å².